The lowest BCUT2D eigenvalue weighted by atomic mass is 9.97. The number of nitrogens with zero attached hydrogens (tertiary/aromatic N) is 2. The van der Waals surface area contributed by atoms with Gasteiger partial charge in [-0.25, -0.2) is 9.31 Å². The Bertz CT molecular complexity index is 1010. The molecule has 0 bridgehead atoms. The summed E-state index contributed by atoms with van der Waals surface area (Å²) in [6, 6.07) is 8.90. The molecule has 0 amide bonds. The van der Waals surface area contributed by atoms with Crippen LogP contribution in [0.5, 0.6) is 0 Å². The number of carboxylic acid groups (broad SMARTS) is 1. The van der Waals surface area contributed by atoms with Crippen molar-refractivity contribution in [3.63, 3.8) is 0 Å². The summed E-state index contributed by atoms with van der Waals surface area (Å²) in [5, 5.41) is 14.0. The first-order valence-electron chi connectivity index (χ1n) is 9.03. The van der Waals surface area contributed by atoms with E-state index in [9.17, 15) is 14.7 Å². The van der Waals surface area contributed by atoms with Gasteiger partial charge >= 0.3 is 5.97 Å². The van der Waals surface area contributed by atoms with Crippen LogP contribution in [0, 0.1) is 0 Å². The standard InChI is InChI=1S/C21H21BrN2O3/c1-3-5-6-17-18(20(25)14-7-9-16(22)10-8-14)19-13(4-2)11-15(21(26)27)12-24(19)23-17/h7-12H,3-6H2,1-2H3,(H,26,27). The van der Waals surface area contributed by atoms with E-state index in [-0.39, 0.29) is 11.3 Å². The molecule has 0 radical (unpaired) electrons. The van der Waals surface area contributed by atoms with Crippen LogP contribution in [0.3, 0.4) is 0 Å². The summed E-state index contributed by atoms with van der Waals surface area (Å²) < 4.78 is 2.48. The van der Waals surface area contributed by atoms with Gasteiger partial charge < -0.3 is 5.11 Å². The highest BCUT2D eigenvalue weighted by Gasteiger charge is 2.24. The Morgan fingerprint density at radius 3 is 2.44 bits per heavy atom. The SMILES string of the molecule is CCCCc1nn2cc(C(=O)O)cc(CC)c2c1C(=O)c1ccc(Br)cc1. The summed E-state index contributed by atoms with van der Waals surface area (Å²) >= 11 is 3.39. The number of carbonyl (C=O) groups excluding carboxylic acids is 1. The summed E-state index contributed by atoms with van der Waals surface area (Å²) in [4.78, 5) is 24.8. The molecular formula is C21H21BrN2O3. The van der Waals surface area contributed by atoms with Gasteiger partial charge in [0.15, 0.2) is 5.78 Å². The van der Waals surface area contributed by atoms with E-state index in [1.807, 2.05) is 19.1 Å². The second kappa shape index (κ2) is 8.05. The van der Waals surface area contributed by atoms with Crippen LogP contribution in [0.2, 0.25) is 0 Å². The van der Waals surface area contributed by atoms with Gasteiger partial charge in [0, 0.05) is 16.2 Å². The first kappa shape index (κ1) is 19.3. The monoisotopic (exact) mass is 428 g/mol. The molecule has 0 aliphatic heterocycles. The fraction of sp³-hybridized carbons (Fsp3) is 0.286. The summed E-state index contributed by atoms with van der Waals surface area (Å²) in [5.74, 6) is -1.08. The molecule has 0 saturated heterocycles. The van der Waals surface area contributed by atoms with Crippen molar-refractivity contribution in [1.29, 1.82) is 0 Å². The number of benzene rings is 1. The van der Waals surface area contributed by atoms with Gasteiger partial charge in [-0.1, -0.05) is 36.2 Å². The van der Waals surface area contributed by atoms with Gasteiger partial charge in [0.2, 0.25) is 0 Å². The number of hydrogen-bond donors (Lipinski definition) is 1. The number of carbonyl (C=O) groups is 2. The van der Waals surface area contributed by atoms with Crippen LogP contribution < -0.4 is 0 Å². The van der Waals surface area contributed by atoms with Gasteiger partial charge in [-0.15, -0.1) is 0 Å². The lowest BCUT2D eigenvalue weighted by Crippen LogP contribution is -2.07. The third kappa shape index (κ3) is 3.81. The second-order valence-electron chi connectivity index (χ2n) is 6.47. The Morgan fingerprint density at radius 2 is 1.85 bits per heavy atom. The van der Waals surface area contributed by atoms with Crippen molar-refractivity contribution in [1.82, 2.24) is 9.61 Å². The number of unbranched alkanes of at least 4 members (excludes halogenated alkanes) is 1. The van der Waals surface area contributed by atoms with Crippen LogP contribution in [0.1, 0.15) is 64.2 Å². The quantitative estimate of drug-likeness (QED) is 0.541. The fourth-order valence-corrected chi connectivity index (χ4v) is 3.46. The second-order valence-corrected chi connectivity index (χ2v) is 7.38. The zero-order chi connectivity index (χ0) is 19.6. The molecule has 140 valence electrons. The number of aromatic nitrogens is 2. The summed E-state index contributed by atoms with van der Waals surface area (Å²) in [6.07, 6.45) is 4.69. The third-order valence-electron chi connectivity index (χ3n) is 4.61. The predicted molar refractivity (Wildman–Crippen MR) is 108 cm³/mol. The maximum absolute atomic E-state index is 13.3. The highest BCUT2D eigenvalue weighted by atomic mass is 79.9. The summed E-state index contributed by atoms with van der Waals surface area (Å²) in [5.41, 5.74) is 3.59. The van der Waals surface area contributed by atoms with Gasteiger partial charge in [0.25, 0.3) is 0 Å². The third-order valence-corrected chi connectivity index (χ3v) is 5.14. The number of halogens is 1. The zero-order valence-corrected chi connectivity index (χ0v) is 16.9. The van der Waals surface area contributed by atoms with Gasteiger partial charge in [-0.2, -0.15) is 5.10 Å². The molecule has 0 saturated carbocycles. The molecule has 3 rings (SSSR count). The fourth-order valence-electron chi connectivity index (χ4n) is 3.20. The number of fused-ring (bicyclic) bond motifs is 1. The van der Waals surface area contributed by atoms with Crippen LogP contribution in [-0.4, -0.2) is 26.5 Å². The van der Waals surface area contributed by atoms with Crippen molar-refractivity contribution in [3.8, 4) is 0 Å². The molecule has 2 aromatic heterocycles. The number of rotatable bonds is 7. The molecule has 0 spiro atoms. The van der Waals surface area contributed by atoms with Gasteiger partial charge in [0.1, 0.15) is 0 Å². The number of ketones is 1. The maximum atomic E-state index is 13.3. The first-order valence-corrected chi connectivity index (χ1v) is 9.83. The Hall–Kier alpha value is -2.47. The Labute approximate surface area is 166 Å². The molecule has 0 fully saturated rings. The molecule has 1 N–H and O–H groups in total. The molecular weight excluding hydrogens is 408 g/mol. The smallest absolute Gasteiger partial charge is 0.337 e. The van der Waals surface area contributed by atoms with E-state index in [0.717, 1.165) is 28.6 Å². The normalized spacial score (nSPS) is 11.1. The van der Waals surface area contributed by atoms with Crippen LogP contribution >= 0.6 is 15.9 Å². The number of pyridine rings is 1. The topological polar surface area (TPSA) is 71.7 Å². The Morgan fingerprint density at radius 1 is 1.15 bits per heavy atom. The molecule has 0 atom stereocenters. The van der Waals surface area contributed by atoms with Crippen LogP contribution in [-0.2, 0) is 12.8 Å². The van der Waals surface area contributed by atoms with Gasteiger partial charge in [-0.05, 0) is 55.2 Å². The van der Waals surface area contributed by atoms with Crippen molar-refractivity contribution >= 4 is 33.2 Å². The number of hydrogen-bond acceptors (Lipinski definition) is 3. The van der Waals surface area contributed by atoms with Crippen molar-refractivity contribution < 1.29 is 14.7 Å². The van der Waals surface area contributed by atoms with E-state index in [0.29, 0.717) is 29.5 Å². The van der Waals surface area contributed by atoms with Gasteiger partial charge in [0.05, 0.1) is 22.3 Å². The molecule has 0 unspecified atom stereocenters. The van der Waals surface area contributed by atoms with Crippen molar-refractivity contribution in [2.75, 3.05) is 0 Å². The Kier molecular flexibility index (Phi) is 5.75. The first-order chi connectivity index (χ1) is 13.0. The molecule has 1 aromatic carbocycles. The zero-order valence-electron chi connectivity index (χ0n) is 15.3. The van der Waals surface area contributed by atoms with E-state index in [4.69, 9.17) is 0 Å². The van der Waals surface area contributed by atoms with E-state index in [1.165, 1.54) is 6.20 Å². The van der Waals surface area contributed by atoms with E-state index in [2.05, 4.69) is 28.0 Å². The molecule has 6 heteroatoms. The van der Waals surface area contributed by atoms with Crippen molar-refractivity contribution in [3.05, 3.63) is 68.9 Å². The number of aromatic carboxylic acids is 1. The van der Waals surface area contributed by atoms with E-state index < -0.39 is 5.97 Å². The number of carboxylic acids is 1. The average molecular weight is 429 g/mol. The van der Waals surface area contributed by atoms with Crippen molar-refractivity contribution in [2.24, 2.45) is 0 Å². The number of aryl methyl sites for hydroxylation is 2. The minimum absolute atomic E-state index is 0.0821. The highest BCUT2D eigenvalue weighted by Crippen LogP contribution is 2.26. The molecule has 27 heavy (non-hydrogen) atoms. The lowest BCUT2D eigenvalue weighted by molar-refractivity contribution is 0.0696. The van der Waals surface area contributed by atoms with Gasteiger partial charge in [-0.3, -0.25) is 4.79 Å². The highest BCUT2D eigenvalue weighted by molar-refractivity contribution is 9.10. The van der Waals surface area contributed by atoms with E-state index in [1.54, 1.807) is 22.7 Å². The largest absolute Gasteiger partial charge is 0.478 e. The average Bonchev–Trinajstić information content (AvgIpc) is 3.03. The molecule has 3 aromatic rings. The summed E-state index contributed by atoms with van der Waals surface area (Å²) in [7, 11) is 0. The van der Waals surface area contributed by atoms with E-state index >= 15 is 0 Å². The molecule has 0 aliphatic carbocycles. The minimum Gasteiger partial charge on any atom is -0.478 e. The van der Waals surface area contributed by atoms with Crippen LogP contribution in [0.25, 0.3) is 5.52 Å². The minimum atomic E-state index is -1.00. The van der Waals surface area contributed by atoms with Crippen LogP contribution in [0.15, 0.2) is 41.0 Å². The molecule has 5 nitrogen and oxygen atoms in total. The lowest BCUT2D eigenvalue weighted by Gasteiger charge is -2.07. The van der Waals surface area contributed by atoms with Crippen LogP contribution in [0.4, 0.5) is 0 Å². The predicted octanol–water partition coefficient (Wildman–Crippen LogP) is 4.93. The molecule has 0 aliphatic rings. The Balaban J connectivity index is 2.25. The van der Waals surface area contributed by atoms with Crippen molar-refractivity contribution in [2.45, 2.75) is 39.5 Å². The molecule has 2 heterocycles. The summed E-state index contributed by atoms with van der Waals surface area (Å²) in [6.45, 7) is 4.04. The maximum Gasteiger partial charge on any atom is 0.337 e.